The van der Waals surface area contributed by atoms with Gasteiger partial charge in [0.05, 0.1) is 19.1 Å². The summed E-state index contributed by atoms with van der Waals surface area (Å²) in [4.78, 5) is 24.5. The van der Waals surface area contributed by atoms with Gasteiger partial charge in [-0.25, -0.2) is 4.79 Å². The Labute approximate surface area is 182 Å². The minimum Gasteiger partial charge on any atom is -0.493 e. The molecule has 7 nitrogen and oxygen atoms in total. The van der Waals surface area contributed by atoms with Crippen LogP contribution in [-0.4, -0.2) is 31.4 Å². The molecule has 166 valence electrons. The van der Waals surface area contributed by atoms with Gasteiger partial charge in [-0.1, -0.05) is 30.3 Å². The molecule has 1 heterocycles. The minimum atomic E-state index is -0.556. The highest BCUT2D eigenvalue weighted by molar-refractivity contribution is 5.85. The first-order chi connectivity index (χ1) is 14.7. The maximum atomic E-state index is 12.3. The monoisotopic (exact) mass is 427 g/mol. The smallest absolute Gasteiger partial charge is 0.411 e. The van der Waals surface area contributed by atoms with Gasteiger partial charge in [0, 0.05) is 24.3 Å². The molecule has 0 aliphatic carbocycles. The van der Waals surface area contributed by atoms with E-state index in [1.54, 1.807) is 25.3 Å². The number of fused-ring (bicyclic) bond motifs is 1. The molecule has 0 bridgehead atoms. The molecule has 31 heavy (non-hydrogen) atoms. The Morgan fingerprint density at radius 2 is 1.87 bits per heavy atom. The molecule has 1 aliphatic rings. The van der Waals surface area contributed by atoms with Crippen molar-refractivity contribution < 1.29 is 28.5 Å². The molecule has 0 saturated heterocycles. The molecular formula is C24H29NO6. The summed E-state index contributed by atoms with van der Waals surface area (Å²) >= 11 is 0. The molecule has 1 N–H and O–H groups in total. The van der Waals surface area contributed by atoms with Crippen LogP contribution in [-0.2, 0) is 25.6 Å². The van der Waals surface area contributed by atoms with E-state index in [-0.39, 0.29) is 31.0 Å². The Morgan fingerprint density at radius 3 is 2.55 bits per heavy atom. The van der Waals surface area contributed by atoms with Gasteiger partial charge in [-0.15, -0.1) is 0 Å². The van der Waals surface area contributed by atoms with Crippen molar-refractivity contribution in [3.8, 4) is 5.75 Å². The predicted octanol–water partition coefficient (Wildman–Crippen LogP) is 4.86. The van der Waals surface area contributed by atoms with Crippen molar-refractivity contribution in [3.63, 3.8) is 0 Å². The van der Waals surface area contributed by atoms with Crippen molar-refractivity contribution in [2.45, 2.75) is 45.5 Å². The highest BCUT2D eigenvalue weighted by Gasteiger charge is 2.34. The average Bonchev–Trinajstić information content (AvgIpc) is 2.71. The van der Waals surface area contributed by atoms with E-state index in [4.69, 9.17) is 18.9 Å². The van der Waals surface area contributed by atoms with Crippen LogP contribution in [0.1, 0.15) is 44.4 Å². The average molecular weight is 427 g/mol. The second kappa shape index (κ2) is 9.83. The van der Waals surface area contributed by atoms with Crippen LogP contribution >= 0.6 is 0 Å². The molecule has 2 atom stereocenters. The second-order valence-corrected chi connectivity index (χ2v) is 8.46. The first-order valence-electron chi connectivity index (χ1n) is 10.2. The normalized spacial score (nSPS) is 17.8. The number of amides is 1. The zero-order valence-corrected chi connectivity index (χ0v) is 18.3. The number of nitrogens with one attached hydrogen (secondary N) is 1. The zero-order chi connectivity index (χ0) is 22.4. The summed E-state index contributed by atoms with van der Waals surface area (Å²) in [5, 5.41) is 2.73. The summed E-state index contributed by atoms with van der Waals surface area (Å²) < 4.78 is 22.2. The fourth-order valence-corrected chi connectivity index (χ4v) is 3.48. The third-order valence-electron chi connectivity index (χ3n) is 4.76. The van der Waals surface area contributed by atoms with E-state index in [1.807, 2.05) is 51.1 Å². The molecule has 2 aromatic rings. The van der Waals surface area contributed by atoms with Crippen molar-refractivity contribution in [2.75, 3.05) is 19.0 Å². The molecule has 1 amide bonds. The number of ether oxygens (including phenoxy) is 4. The van der Waals surface area contributed by atoms with Crippen LogP contribution in [0.3, 0.4) is 0 Å². The fourth-order valence-electron chi connectivity index (χ4n) is 3.48. The molecular weight excluding hydrogens is 398 g/mol. The molecule has 0 fully saturated rings. The summed E-state index contributed by atoms with van der Waals surface area (Å²) in [5.74, 6) is 0.161. The molecule has 0 saturated carbocycles. The lowest BCUT2D eigenvalue weighted by Gasteiger charge is -2.33. The second-order valence-electron chi connectivity index (χ2n) is 8.46. The summed E-state index contributed by atoms with van der Waals surface area (Å²) in [6.45, 7) is 6.02. The van der Waals surface area contributed by atoms with Crippen LogP contribution in [0.5, 0.6) is 5.75 Å². The number of hydrogen-bond donors (Lipinski definition) is 1. The van der Waals surface area contributed by atoms with E-state index < -0.39 is 11.7 Å². The van der Waals surface area contributed by atoms with Crippen LogP contribution in [0.15, 0.2) is 48.5 Å². The van der Waals surface area contributed by atoms with Crippen LogP contribution in [0.2, 0.25) is 0 Å². The van der Waals surface area contributed by atoms with Gasteiger partial charge in [-0.2, -0.15) is 0 Å². The Kier molecular flexibility index (Phi) is 7.17. The summed E-state index contributed by atoms with van der Waals surface area (Å²) in [6, 6.07) is 14.8. The number of carbonyl (C=O) groups excluding carboxylic acids is 2. The lowest BCUT2D eigenvalue weighted by molar-refractivity contribution is -0.158. The number of anilines is 1. The maximum Gasteiger partial charge on any atom is 0.411 e. The zero-order valence-electron chi connectivity index (χ0n) is 18.3. The summed E-state index contributed by atoms with van der Waals surface area (Å²) in [5.41, 5.74) is 1.68. The maximum absolute atomic E-state index is 12.3. The Bertz CT molecular complexity index is 906. The van der Waals surface area contributed by atoms with E-state index in [0.717, 1.165) is 11.1 Å². The first kappa shape index (κ1) is 22.6. The topological polar surface area (TPSA) is 83.1 Å². The molecule has 1 aliphatic heterocycles. The van der Waals surface area contributed by atoms with Gasteiger partial charge in [0.15, 0.2) is 0 Å². The third-order valence-corrected chi connectivity index (χ3v) is 4.76. The number of rotatable bonds is 6. The fraction of sp³-hybridized carbons (Fsp3) is 0.417. The Hall–Kier alpha value is -3.06. The summed E-state index contributed by atoms with van der Waals surface area (Å²) in [6.07, 6.45) is -0.746. The minimum absolute atomic E-state index is 0.173. The van der Waals surface area contributed by atoms with Crippen LogP contribution in [0.4, 0.5) is 10.5 Å². The lowest BCUT2D eigenvalue weighted by atomic mass is 9.90. The van der Waals surface area contributed by atoms with Crippen LogP contribution < -0.4 is 10.1 Å². The number of hydrogen-bond acceptors (Lipinski definition) is 6. The van der Waals surface area contributed by atoms with E-state index in [2.05, 4.69) is 5.32 Å². The van der Waals surface area contributed by atoms with Crippen molar-refractivity contribution in [2.24, 2.45) is 5.92 Å². The van der Waals surface area contributed by atoms with E-state index >= 15 is 0 Å². The SMILES string of the molecule is COC1c2cc(NC(=O)OCc3ccccc3)ccc2OCC1CC(=O)OC(C)(C)C. The lowest BCUT2D eigenvalue weighted by Crippen LogP contribution is -2.32. The van der Waals surface area contributed by atoms with Gasteiger partial charge in [-0.3, -0.25) is 10.1 Å². The number of benzene rings is 2. The number of esters is 1. The Balaban J connectivity index is 1.65. The van der Waals surface area contributed by atoms with Crippen LogP contribution in [0.25, 0.3) is 0 Å². The Morgan fingerprint density at radius 1 is 1.13 bits per heavy atom. The molecule has 0 spiro atoms. The van der Waals surface area contributed by atoms with Gasteiger partial charge in [0.1, 0.15) is 18.0 Å². The van der Waals surface area contributed by atoms with Crippen LogP contribution in [0, 0.1) is 5.92 Å². The molecule has 7 heteroatoms. The van der Waals surface area contributed by atoms with Crippen molar-refractivity contribution in [1.82, 2.24) is 0 Å². The highest BCUT2D eigenvalue weighted by Crippen LogP contribution is 2.40. The number of carbonyl (C=O) groups is 2. The first-order valence-corrected chi connectivity index (χ1v) is 10.2. The van der Waals surface area contributed by atoms with E-state index in [0.29, 0.717) is 18.0 Å². The van der Waals surface area contributed by atoms with Crippen molar-refractivity contribution in [1.29, 1.82) is 0 Å². The van der Waals surface area contributed by atoms with Crippen molar-refractivity contribution in [3.05, 3.63) is 59.7 Å². The number of methoxy groups -OCH3 is 1. The van der Waals surface area contributed by atoms with Gasteiger partial charge in [-0.05, 0) is 44.5 Å². The third kappa shape index (κ3) is 6.46. The highest BCUT2D eigenvalue weighted by atomic mass is 16.6. The van der Waals surface area contributed by atoms with Gasteiger partial charge in [0.2, 0.25) is 0 Å². The molecule has 0 radical (unpaired) electrons. The predicted molar refractivity (Wildman–Crippen MR) is 116 cm³/mol. The molecule has 2 aromatic carbocycles. The molecule has 3 rings (SSSR count). The summed E-state index contributed by atoms with van der Waals surface area (Å²) in [7, 11) is 1.59. The standard InChI is InChI=1S/C24H29NO6/c1-24(2,3)31-21(26)12-17-15-29-20-11-10-18(13-19(20)22(17)28-4)25-23(27)30-14-16-8-6-5-7-9-16/h5-11,13,17,22H,12,14-15H2,1-4H3,(H,25,27). The van der Waals surface area contributed by atoms with E-state index in [1.165, 1.54) is 0 Å². The van der Waals surface area contributed by atoms with Gasteiger partial charge in [0.25, 0.3) is 0 Å². The quantitative estimate of drug-likeness (QED) is 0.663. The molecule has 2 unspecified atom stereocenters. The molecule has 0 aromatic heterocycles. The van der Waals surface area contributed by atoms with Crippen molar-refractivity contribution >= 4 is 17.7 Å². The van der Waals surface area contributed by atoms with Gasteiger partial charge >= 0.3 is 12.1 Å². The largest absolute Gasteiger partial charge is 0.493 e. The van der Waals surface area contributed by atoms with Gasteiger partial charge < -0.3 is 18.9 Å². The van der Waals surface area contributed by atoms with E-state index in [9.17, 15) is 9.59 Å².